The van der Waals surface area contributed by atoms with Crippen LogP contribution in [0.25, 0.3) is 0 Å². The second-order valence-corrected chi connectivity index (χ2v) is 3.98. The van der Waals surface area contributed by atoms with Crippen LogP contribution < -0.4 is 5.32 Å². The summed E-state index contributed by atoms with van der Waals surface area (Å²) in [4.78, 5) is 12.7. The second-order valence-electron chi connectivity index (χ2n) is 3.98. The van der Waals surface area contributed by atoms with Gasteiger partial charge in [0.25, 0.3) is 0 Å². The molecule has 0 saturated carbocycles. The summed E-state index contributed by atoms with van der Waals surface area (Å²) in [5.74, 6) is 1.91. The van der Waals surface area contributed by atoms with Crippen molar-refractivity contribution in [2.75, 3.05) is 6.54 Å². The second kappa shape index (κ2) is 5.54. The topological polar surface area (TPSA) is 55.6 Å². The molecule has 0 aromatic carbocycles. The van der Waals surface area contributed by atoms with E-state index in [1.165, 1.54) is 0 Å². The fourth-order valence-electron chi connectivity index (χ4n) is 1.66. The Labute approximate surface area is 101 Å². The minimum absolute atomic E-state index is 0.772. The summed E-state index contributed by atoms with van der Waals surface area (Å²) in [6.45, 7) is 3.57. The first-order valence-electron chi connectivity index (χ1n) is 5.71. The number of hydrogen-bond acceptors (Lipinski definition) is 4. The minimum atomic E-state index is 0.772. The van der Waals surface area contributed by atoms with Crippen molar-refractivity contribution in [2.24, 2.45) is 7.05 Å². The molecule has 0 aliphatic carbocycles. The van der Waals surface area contributed by atoms with Crippen LogP contribution in [-0.4, -0.2) is 26.1 Å². The molecule has 0 radical (unpaired) electrons. The fraction of sp³-hybridized carbons (Fsp3) is 0.417. The highest BCUT2D eigenvalue weighted by Gasteiger charge is 1.99. The molecule has 0 spiro atoms. The number of rotatable bonds is 5. The van der Waals surface area contributed by atoms with Gasteiger partial charge in [-0.1, -0.05) is 0 Å². The Morgan fingerprint density at radius 3 is 2.88 bits per heavy atom. The third-order valence-corrected chi connectivity index (χ3v) is 2.59. The predicted octanol–water partition coefficient (Wildman–Crippen LogP) is 0.851. The average molecular weight is 231 g/mol. The molecule has 5 nitrogen and oxygen atoms in total. The summed E-state index contributed by atoms with van der Waals surface area (Å²) >= 11 is 0. The van der Waals surface area contributed by atoms with Gasteiger partial charge in [-0.25, -0.2) is 15.0 Å². The van der Waals surface area contributed by atoms with Crippen molar-refractivity contribution in [3.63, 3.8) is 0 Å². The summed E-state index contributed by atoms with van der Waals surface area (Å²) in [7, 11) is 2.01. The summed E-state index contributed by atoms with van der Waals surface area (Å²) in [6.07, 6.45) is 6.50. The van der Waals surface area contributed by atoms with Gasteiger partial charge in [0.15, 0.2) is 0 Å². The summed E-state index contributed by atoms with van der Waals surface area (Å²) < 4.78 is 2.04. The van der Waals surface area contributed by atoms with Gasteiger partial charge in [0.1, 0.15) is 11.6 Å². The van der Waals surface area contributed by atoms with Gasteiger partial charge in [0.2, 0.25) is 0 Å². The molecule has 0 fully saturated rings. The van der Waals surface area contributed by atoms with E-state index in [0.717, 1.165) is 36.9 Å². The van der Waals surface area contributed by atoms with Crippen LogP contribution in [0.4, 0.5) is 0 Å². The van der Waals surface area contributed by atoms with Gasteiger partial charge in [-0.15, -0.1) is 0 Å². The summed E-state index contributed by atoms with van der Waals surface area (Å²) in [5, 5.41) is 3.35. The van der Waals surface area contributed by atoms with Crippen LogP contribution in [0.15, 0.2) is 24.7 Å². The van der Waals surface area contributed by atoms with Crippen LogP contribution in [0.1, 0.15) is 17.3 Å². The summed E-state index contributed by atoms with van der Waals surface area (Å²) in [6, 6.07) is 1.93. The molecule has 0 bridgehead atoms. The van der Waals surface area contributed by atoms with Gasteiger partial charge < -0.3 is 9.88 Å². The normalized spacial score (nSPS) is 10.7. The van der Waals surface area contributed by atoms with E-state index in [9.17, 15) is 0 Å². The smallest absolute Gasteiger partial charge is 0.125 e. The minimum Gasteiger partial charge on any atom is -0.338 e. The molecule has 17 heavy (non-hydrogen) atoms. The molecule has 1 N–H and O–H groups in total. The quantitative estimate of drug-likeness (QED) is 0.775. The molecule has 0 aliphatic heterocycles. The lowest BCUT2D eigenvalue weighted by molar-refractivity contribution is 0.644. The maximum atomic E-state index is 4.33. The number of nitrogens with one attached hydrogen (secondary N) is 1. The van der Waals surface area contributed by atoms with Crippen molar-refractivity contribution in [1.82, 2.24) is 24.8 Å². The van der Waals surface area contributed by atoms with E-state index in [2.05, 4.69) is 20.3 Å². The molecule has 0 saturated heterocycles. The monoisotopic (exact) mass is 231 g/mol. The summed E-state index contributed by atoms with van der Waals surface area (Å²) in [5.41, 5.74) is 1.03. The molecule has 0 unspecified atom stereocenters. The van der Waals surface area contributed by atoms with Gasteiger partial charge in [-0.3, -0.25) is 0 Å². The molecular weight excluding hydrogens is 214 g/mol. The Balaban J connectivity index is 1.75. The van der Waals surface area contributed by atoms with E-state index in [-0.39, 0.29) is 0 Å². The molecular formula is C12H17N5. The van der Waals surface area contributed by atoms with Gasteiger partial charge in [-0.2, -0.15) is 0 Å². The largest absolute Gasteiger partial charge is 0.338 e. The number of imidazole rings is 1. The van der Waals surface area contributed by atoms with Crippen LogP contribution in [0.5, 0.6) is 0 Å². The molecule has 2 rings (SSSR count). The van der Waals surface area contributed by atoms with Crippen molar-refractivity contribution >= 4 is 0 Å². The third kappa shape index (κ3) is 3.35. The van der Waals surface area contributed by atoms with E-state index in [1.54, 1.807) is 6.20 Å². The molecule has 0 amide bonds. The number of aryl methyl sites for hydroxylation is 2. The highest BCUT2D eigenvalue weighted by atomic mass is 15.0. The van der Waals surface area contributed by atoms with Crippen LogP contribution >= 0.6 is 0 Å². The molecule has 2 aromatic rings. The maximum absolute atomic E-state index is 4.33. The van der Waals surface area contributed by atoms with Gasteiger partial charge >= 0.3 is 0 Å². The Kier molecular flexibility index (Phi) is 3.82. The predicted molar refractivity (Wildman–Crippen MR) is 65.4 cm³/mol. The molecule has 0 aliphatic rings. The number of hydrogen-bond donors (Lipinski definition) is 1. The zero-order chi connectivity index (χ0) is 12.1. The van der Waals surface area contributed by atoms with Gasteiger partial charge in [0, 0.05) is 45.1 Å². The molecule has 2 aromatic heterocycles. The lowest BCUT2D eigenvalue weighted by Gasteiger charge is -2.05. The molecule has 0 atom stereocenters. The Bertz CT molecular complexity index is 477. The van der Waals surface area contributed by atoms with Crippen molar-refractivity contribution in [2.45, 2.75) is 19.9 Å². The van der Waals surface area contributed by atoms with Crippen LogP contribution in [0, 0.1) is 6.92 Å². The first-order chi connectivity index (χ1) is 8.25. The van der Waals surface area contributed by atoms with E-state index < -0.39 is 0 Å². The first-order valence-corrected chi connectivity index (χ1v) is 5.71. The zero-order valence-electron chi connectivity index (χ0n) is 10.2. The first kappa shape index (κ1) is 11.7. The van der Waals surface area contributed by atoms with Crippen molar-refractivity contribution < 1.29 is 0 Å². The molecule has 90 valence electrons. The Morgan fingerprint density at radius 1 is 1.29 bits per heavy atom. The van der Waals surface area contributed by atoms with Crippen LogP contribution in [0.3, 0.4) is 0 Å². The SMILES string of the molecule is Cc1nccc(CNCCc2nccn2C)n1. The average Bonchev–Trinajstić information content (AvgIpc) is 2.71. The Morgan fingerprint density at radius 2 is 2.18 bits per heavy atom. The van der Waals surface area contributed by atoms with Gasteiger partial charge in [-0.05, 0) is 13.0 Å². The van der Waals surface area contributed by atoms with Crippen LogP contribution in [-0.2, 0) is 20.0 Å². The van der Waals surface area contributed by atoms with Gasteiger partial charge in [0.05, 0.1) is 5.69 Å². The Hall–Kier alpha value is -1.75. The lowest BCUT2D eigenvalue weighted by atomic mass is 10.3. The van der Waals surface area contributed by atoms with E-state index in [4.69, 9.17) is 0 Å². The fourth-order valence-corrected chi connectivity index (χ4v) is 1.66. The molecule has 2 heterocycles. The van der Waals surface area contributed by atoms with Crippen molar-refractivity contribution in [3.05, 3.63) is 42.0 Å². The number of nitrogens with zero attached hydrogens (tertiary/aromatic N) is 4. The van der Waals surface area contributed by atoms with Crippen LogP contribution in [0.2, 0.25) is 0 Å². The highest BCUT2D eigenvalue weighted by Crippen LogP contribution is 1.96. The maximum Gasteiger partial charge on any atom is 0.125 e. The lowest BCUT2D eigenvalue weighted by Crippen LogP contribution is -2.19. The standard InChI is InChI=1S/C12H17N5/c1-10-14-6-3-11(16-10)9-13-5-4-12-15-7-8-17(12)2/h3,6-8,13H,4-5,9H2,1-2H3. The van der Waals surface area contributed by atoms with E-state index >= 15 is 0 Å². The molecule has 5 heteroatoms. The zero-order valence-corrected chi connectivity index (χ0v) is 10.2. The van der Waals surface area contributed by atoms with Crippen molar-refractivity contribution in [3.8, 4) is 0 Å². The third-order valence-electron chi connectivity index (χ3n) is 2.59. The van der Waals surface area contributed by atoms with Crippen molar-refractivity contribution in [1.29, 1.82) is 0 Å². The van der Waals surface area contributed by atoms with E-state index in [0.29, 0.717) is 0 Å². The highest BCUT2D eigenvalue weighted by molar-refractivity contribution is 5.01. The number of aromatic nitrogens is 4. The van der Waals surface area contributed by atoms with E-state index in [1.807, 2.05) is 37.0 Å².